The van der Waals surface area contributed by atoms with E-state index in [4.69, 9.17) is 4.74 Å². The summed E-state index contributed by atoms with van der Waals surface area (Å²) in [7, 11) is 0. The number of para-hydroxylation sites is 1. The number of ether oxygens (including phenoxy) is 1. The Hall–Kier alpha value is -1.35. The molecule has 0 aromatic heterocycles. The van der Waals surface area contributed by atoms with Crippen LogP contribution in [-0.4, -0.2) is 28.7 Å². The highest BCUT2D eigenvalue weighted by molar-refractivity contribution is 5.85. The second-order valence-electron chi connectivity index (χ2n) is 5.50. The van der Waals surface area contributed by atoms with E-state index < -0.39 is 5.60 Å². The maximum absolute atomic E-state index is 10.5. The predicted octanol–water partition coefficient (Wildman–Crippen LogP) is 3.60. The number of likely N-dealkylation sites (tertiary alicyclic amines) is 1. The first-order chi connectivity index (χ1) is 8.59. The second kappa shape index (κ2) is 4.97. The van der Waals surface area contributed by atoms with Crippen LogP contribution in [0.2, 0.25) is 0 Å². The first-order valence-corrected chi connectivity index (χ1v) is 6.57. The first kappa shape index (κ1) is 14.1. The average molecular weight is 282 g/mol. The van der Waals surface area contributed by atoms with Gasteiger partial charge in [-0.25, -0.2) is 0 Å². The predicted molar refractivity (Wildman–Crippen MR) is 78.8 cm³/mol. The number of nitrogens with zero attached hydrogens (tertiary/aromatic N) is 1. The van der Waals surface area contributed by atoms with Crippen molar-refractivity contribution in [2.75, 3.05) is 13.1 Å². The van der Waals surface area contributed by atoms with Gasteiger partial charge in [-0.05, 0) is 38.8 Å². The molecule has 19 heavy (non-hydrogen) atoms. The van der Waals surface area contributed by atoms with Gasteiger partial charge in [0, 0.05) is 18.7 Å². The van der Waals surface area contributed by atoms with E-state index in [0.717, 1.165) is 30.1 Å². The maximum atomic E-state index is 10.5. The van der Waals surface area contributed by atoms with Crippen LogP contribution in [0.5, 0.6) is 5.75 Å². The van der Waals surface area contributed by atoms with Gasteiger partial charge in [0.1, 0.15) is 5.75 Å². The molecular weight excluding hydrogens is 262 g/mol. The number of hydrogen-bond acceptors (Lipinski definition) is 3. The summed E-state index contributed by atoms with van der Waals surface area (Å²) >= 11 is 0. The van der Waals surface area contributed by atoms with Gasteiger partial charge in [0.15, 0.2) is 11.4 Å². The molecule has 1 fully saturated rings. The van der Waals surface area contributed by atoms with Crippen LogP contribution >= 0.6 is 12.4 Å². The Balaban J connectivity index is 0.00000133. The molecule has 3 rings (SSSR count). The number of aliphatic hydroxyl groups is 1. The summed E-state index contributed by atoms with van der Waals surface area (Å²) in [5, 5.41) is 10.5. The fraction of sp³-hybridized carbons (Fsp3) is 0.467. The SMILES string of the molecule is CC1(C)Oc2ccccc2C(N2CCCC2)=C1O.Cl. The molecule has 0 amide bonds. The second-order valence-corrected chi connectivity index (χ2v) is 5.50. The Morgan fingerprint density at radius 2 is 1.79 bits per heavy atom. The molecule has 2 heterocycles. The lowest BCUT2D eigenvalue weighted by atomic mass is 9.96. The number of aliphatic hydroxyl groups excluding tert-OH is 1. The molecule has 1 aromatic rings. The normalized spacial score (nSPS) is 20.6. The van der Waals surface area contributed by atoms with Gasteiger partial charge in [0.05, 0.1) is 5.70 Å². The fourth-order valence-corrected chi connectivity index (χ4v) is 2.75. The largest absolute Gasteiger partial charge is 0.506 e. The molecule has 0 aliphatic carbocycles. The topological polar surface area (TPSA) is 32.7 Å². The molecule has 3 nitrogen and oxygen atoms in total. The summed E-state index contributed by atoms with van der Waals surface area (Å²) < 4.78 is 5.89. The van der Waals surface area contributed by atoms with Gasteiger partial charge in [-0.3, -0.25) is 0 Å². The summed E-state index contributed by atoms with van der Waals surface area (Å²) in [5.41, 5.74) is 1.32. The molecule has 104 valence electrons. The van der Waals surface area contributed by atoms with Crippen LogP contribution in [0.15, 0.2) is 30.0 Å². The van der Waals surface area contributed by atoms with Gasteiger partial charge in [-0.1, -0.05) is 12.1 Å². The van der Waals surface area contributed by atoms with Crippen LogP contribution in [0, 0.1) is 0 Å². The summed E-state index contributed by atoms with van der Waals surface area (Å²) in [6.45, 7) is 5.86. The van der Waals surface area contributed by atoms with Crippen molar-refractivity contribution in [3.63, 3.8) is 0 Å². The van der Waals surface area contributed by atoms with Crippen molar-refractivity contribution in [1.29, 1.82) is 0 Å². The fourth-order valence-electron chi connectivity index (χ4n) is 2.75. The summed E-state index contributed by atoms with van der Waals surface area (Å²) in [4.78, 5) is 2.28. The van der Waals surface area contributed by atoms with E-state index in [2.05, 4.69) is 4.90 Å². The van der Waals surface area contributed by atoms with Crippen LogP contribution in [0.3, 0.4) is 0 Å². The first-order valence-electron chi connectivity index (χ1n) is 6.57. The molecule has 4 heteroatoms. The molecule has 2 aliphatic heterocycles. The zero-order valence-corrected chi connectivity index (χ0v) is 12.2. The van der Waals surface area contributed by atoms with Crippen molar-refractivity contribution in [3.05, 3.63) is 35.6 Å². The summed E-state index contributed by atoms with van der Waals surface area (Å²) in [6, 6.07) is 7.96. The van der Waals surface area contributed by atoms with E-state index in [0.29, 0.717) is 5.76 Å². The van der Waals surface area contributed by atoms with Crippen LogP contribution in [-0.2, 0) is 0 Å². The summed E-state index contributed by atoms with van der Waals surface area (Å²) in [6.07, 6.45) is 2.39. The lowest BCUT2D eigenvalue weighted by Gasteiger charge is -2.36. The molecule has 0 unspecified atom stereocenters. The Labute approximate surface area is 120 Å². The third-order valence-electron chi connectivity index (χ3n) is 3.72. The molecule has 0 bridgehead atoms. The lowest BCUT2D eigenvalue weighted by molar-refractivity contribution is 0.0879. The zero-order valence-electron chi connectivity index (χ0n) is 11.3. The quantitative estimate of drug-likeness (QED) is 0.854. The third kappa shape index (κ3) is 2.27. The maximum Gasteiger partial charge on any atom is 0.162 e. The van der Waals surface area contributed by atoms with E-state index in [1.807, 2.05) is 38.1 Å². The number of rotatable bonds is 1. The van der Waals surface area contributed by atoms with Gasteiger partial charge < -0.3 is 14.7 Å². The molecule has 1 N–H and O–H groups in total. The molecule has 1 aromatic carbocycles. The van der Waals surface area contributed by atoms with Gasteiger partial charge in [0.2, 0.25) is 0 Å². The number of halogens is 1. The minimum atomic E-state index is -0.647. The van der Waals surface area contributed by atoms with E-state index in [-0.39, 0.29) is 12.4 Å². The van der Waals surface area contributed by atoms with Gasteiger partial charge >= 0.3 is 0 Å². The van der Waals surface area contributed by atoms with Crippen molar-refractivity contribution in [2.45, 2.75) is 32.3 Å². The molecule has 0 saturated carbocycles. The highest BCUT2D eigenvalue weighted by atomic mass is 35.5. The molecule has 1 saturated heterocycles. The van der Waals surface area contributed by atoms with Gasteiger partial charge in [-0.15, -0.1) is 12.4 Å². The smallest absolute Gasteiger partial charge is 0.162 e. The zero-order chi connectivity index (χ0) is 12.8. The van der Waals surface area contributed by atoms with Crippen LogP contribution in [0.1, 0.15) is 32.3 Å². The average Bonchev–Trinajstić information content (AvgIpc) is 2.84. The highest BCUT2D eigenvalue weighted by Crippen LogP contribution is 2.41. The van der Waals surface area contributed by atoms with E-state index >= 15 is 0 Å². The Morgan fingerprint density at radius 3 is 2.47 bits per heavy atom. The Bertz CT molecular complexity index is 505. The monoisotopic (exact) mass is 281 g/mol. The van der Waals surface area contributed by atoms with Crippen molar-refractivity contribution in [2.24, 2.45) is 0 Å². The molecule has 0 atom stereocenters. The number of fused-ring (bicyclic) bond motifs is 1. The van der Waals surface area contributed by atoms with E-state index in [9.17, 15) is 5.11 Å². The standard InChI is InChI=1S/C15H19NO2.ClH/c1-15(2)14(17)13(16-9-5-6-10-16)11-7-3-4-8-12(11)18-15;/h3-4,7-8,17H,5-6,9-10H2,1-2H3;1H. The van der Waals surface area contributed by atoms with Crippen molar-refractivity contribution in [1.82, 2.24) is 4.90 Å². The minimum Gasteiger partial charge on any atom is -0.506 e. The highest BCUT2D eigenvalue weighted by Gasteiger charge is 2.37. The minimum absolute atomic E-state index is 0. The number of hydrogen-bond donors (Lipinski definition) is 1. The van der Waals surface area contributed by atoms with Crippen LogP contribution in [0.4, 0.5) is 0 Å². The molecule has 0 radical (unpaired) electrons. The third-order valence-corrected chi connectivity index (χ3v) is 3.72. The van der Waals surface area contributed by atoms with Crippen molar-refractivity contribution in [3.8, 4) is 5.75 Å². The van der Waals surface area contributed by atoms with Gasteiger partial charge in [0.25, 0.3) is 0 Å². The van der Waals surface area contributed by atoms with Gasteiger partial charge in [-0.2, -0.15) is 0 Å². The Morgan fingerprint density at radius 1 is 1.16 bits per heavy atom. The van der Waals surface area contributed by atoms with Crippen LogP contribution < -0.4 is 4.74 Å². The van der Waals surface area contributed by atoms with Crippen LogP contribution in [0.25, 0.3) is 5.70 Å². The molecular formula is C15H20ClNO2. The van der Waals surface area contributed by atoms with Crippen molar-refractivity contribution >= 4 is 18.1 Å². The molecule has 2 aliphatic rings. The van der Waals surface area contributed by atoms with E-state index in [1.165, 1.54) is 12.8 Å². The Kier molecular flexibility index (Phi) is 3.68. The number of benzene rings is 1. The van der Waals surface area contributed by atoms with Crippen molar-refractivity contribution < 1.29 is 9.84 Å². The molecule has 0 spiro atoms. The summed E-state index contributed by atoms with van der Waals surface area (Å²) in [5.74, 6) is 1.21. The van der Waals surface area contributed by atoms with E-state index in [1.54, 1.807) is 0 Å². The lowest BCUT2D eigenvalue weighted by Crippen LogP contribution is -2.37.